The maximum Gasteiger partial charge on any atom is 0.317 e. The summed E-state index contributed by atoms with van der Waals surface area (Å²) in [5.41, 5.74) is 0. The third-order valence-electron chi connectivity index (χ3n) is 3.33. The fraction of sp³-hybridized carbons (Fsp3) is 0.833. The molecule has 1 rings (SSSR count). The number of hydrogen-bond acceptors (Lipinski definition) is 3. The zero-order valence-corrected chi connectivity index (χ0v) is 12.1. The van der Waals surface area contributed by atoms with Crippen molar-refractivity contribution in [2.45, 2.75) is 25.7 Å². The summed E-state index contributed by atoms with van der Waals surface area (Å²) < 4.78 is 10.9. The minimum Gasteiger partial charge on any atom is -0.481 e. The molecule has 2 amide bonds. The smallest absolute Gasteiger partial charge is 0.317 e. The Morgan fingerprint density at radius 2 is 2.00 bits per heavy atom. The van der Waals surface area contributed by atoms with Gasteiger partial charge in [0.05, 0.1) is 0 Å². The van der Waals surface area contributed by atoms with E-state index < -0.39 is 16.8 Å². The Bertz CT molecular complexity index is 341. The highest BCUT2D eigenvalue weighted by atomic mass is 32.2. The molecule has 1 saturated heterocycles. The van der Waals surface area contributed by atoms with E-state index >= 15 is 0 Å². The van der Waals surface area contributed by atoms with Gasteiger partial charge in [-0.05, 0) is 25.2 Å². The fourth-order valence-electron chi connectivity index (χ4n) is 2.17. The maximum absolute atomic E-state index is 11.8. The Labute approximate surface area is 116 Å². The van der Waals surface area contributed by atoms with Gasteiger partial charge in [0.15, 0.2) is 0 Å². The molecule has 0 aromatic heterocycles. The number of aliphatic carboxylic acids is 1. The largest absolute Gasteiger partial charge is 0.481 e. The third kappa shape index (κ3) is 6.56. The van der Waals surface area contributed by atoms with Crippen molar-refractivity contribution < 1.29 is 18.9 Å². The number of nitrogens with one attached hydrogen (secondary N) is 1. The molecule has 0 spiro atoms. The molecule has 1 aliphatic rings. The second kappa shape index (κ2) is 8.14. The normalized spacial score (nSPS) is 18.1. The van der Waals surface area contributed by atoms with E-state index in [2.05, 4.69) is 5.32 Å². The topological polar surface area (TPSA) is 86.7 Å². The maximum atomic E-state index is 11.8. The second-order valence-corrected chi connectivity index (χ2v) is 6.43. The average Bonchev–Trinajstić information content (AvgIpc) is 2.36. The van der Waals surface area contributed by atoms with E-state index in [4.69, 9.17) is 5.11 Å². The monoisotopic (exact) mass is 290 g/mol. The predicted octanol–water partition coefficient (Wildman–Crippen LogP) is 0.651. The summed E-state index contributed by atoms with van der Waals surface area (Å²) in [6.07, 6.45) is 4.24. The summed E-state index contributed by atoms with van der Waals surface area (Å²) in [5, 5.41) is 11.4. The molecule has 0 aliphatic carbocycles. The van der Waals surface area contributed by atoms with E-state index in [1.54, 1.807) is 11.2 Å². The first-order chi connectivity index (χ1) is 8.99. The van der Waals surface area contributed by atoms with Gasteiger partial charge >= 0.3 is 12.0 Å². The summed E-state index contributed by atoms with van der Waals surface area (Å²) in [6, 6.07) is -0.109. The number of piperidine rings is 1. The van der Waals surface area contributed by atoms with Gasteiger partial charge in [-0.3, -0.25) is 9.00 Å². The Hall–Kier alpha value is -1.11. The molecule has 1 unspecified atom stereocenters. The lowest BCUT2D eigenvalue weighted by molar-refractivity contribution is -0.137. The van der Waals surface area contributed by atoms with Crippen molar-refractivity contribution in [2.24, 2.45) is 5.92 Å². The van der Waals surface area contributed by atoms with Gasteiger partial charge in [-0.2, -0.15) is 0 Å². The molecule has 0 aromatic carbocycles. The van der Waals surface area contributed by atoms with Crippen LogP contribution in [0.3, 0.4) is 0 Å². The molecule has 1 heterocycles. The number of carboxylic acid groups (broad SMARTS) is 1. The number of amides is 2. The lowest BCUT2D eigenvalue weighted by atomic mass is 9.92. The Morgan fingerprint density at radius 3 is 2.53 bits per heavy atom. The molecule has 110 valence electrons. The van der Waals surface area contributed by atoms with E-state index in [0.29, 0.717) is 37.7 Å². The first-order valence-corrected chi connectivity index (χ1v) is 8.26. The van der Waals surface area contributed by atoms with Gasteiger partial charge in [-0.25, -0.2) is 4.79 Å². The van der Waals surface area contributed by atoms with Crippen molar-refractivity contribution in [3.63, 3.8) is 0 Å². The van der Waals surface area contributed by atoms with E-state index in [0.717, 1.165) is 12.8 Å². The van der Waals surface area contributed by atoms with Crippen molar-refractivity contribution in [1.82, 2.24) is 10.2 Å². The van der Waals surface area contributed by atoms with E-state index in [1.165, 1.54) is 0 Å². The highest BCUT2D eigenvalue weighted by Crippen LogP contribution is 2.21. The predicted molar refractivity (Wildman–Crippen MR) is 73.5 cm³/mol. The Balaban J connectivity index is 2.19. The molecule has 6 nitrogen and oxygen atoms in total. The van der Waals surface area contributed by atoms with Crippen molar-refractivity contribution in [3.05, 3.63) is 0 Å². The van der Waals surface area contributed by atoms with Crippen LogP contribution in [0, 0.1) is 5.92 Å². The van der Waals surface area contributed by atoms with Crippen LogP contribution in [-0.4, -0.2) is 57.9 Å². The van der Waals surface area contributed by atoms with Crippen LogP contribution in [0.4, 0.5) is 4.79 Å². The number of likely N-dealkylation sites (tertiary alicyclic amines) is 1. The number of carbonyl (C=O) groups excluding carboxylic acids is 1. The molecule has 19 heavy (non-hydrogen) atoms. The van der Waals surface area contributed by atoms with Gasteiger partial charge in [0, 0.05) is 48.9 Å². The number of urea groups is 1. The van der Waals surface area contributed by atoms with Crippen molar-refractivity contribution in [2.75, 3.05) is 31.6 Å². The molecule has 1 aliphatic heterocycles. The van der Waals surface area contributed by atoms with Crippen molar-refractivity contribution in [3.8, 4) is 0 Å². The summed E-state index contributed by atoms with van der Waals surface area (Å²) in [6.45, 7) is 1.78. The van der Waals surface area contributed by atoms with Gasteiger partial charge in [0.25, 0.3) is 0 Å². The summed E-state index contributed by atoms with van der Waals surface area (Å²) in [5.74, 6) is 0.122. The third-order valence-corrected chi connectivity index (χ3v) is 4.11. The Morgan fingerprint density at radius 1 is 1.37 bits per heavy atom. The van der Waals surface area contributed by atoms with Gasteiger partial charge in [0.2, 0.25) is 0 Å². The van der Waals surface area contributed by atoms with Crippen LogP contribution < -0.4 is 5.32 Å². The first kappa shape index (κ1) is 15.9. The molecule has 0 bridgehead atoms. The highest BCUT2D eigenvalue weighted by molar-refractivity contribution is 7.84. The number of nitrogens with zero attached hydrogens (tertiary/aromatic N) is 1. The van der Waals surface area contributed by atoms with Crippen LogP contribution in [0.25, 0.3) is 0 Å². The Kier molecular flexibility index (Phi) is 6.83. The van der Waals surface area contributed by atoms with Crippen molar-refractivity contribution >= 4 is 22.8 Å². The molecule has 1 atom stereocenters. The zero-order valence-electron chi connectivity index (χ0n) is 11.3. The van der Waals surface area contributed by atoms with E-state index in [9.17, 15) is 13.8 Å². The number of hydrogen-bond donors (Lipinski definition) is 2. The molecule has 1 fully saturated rings. The first-order valence-electron chi connectivity index (χ1n) is 6.53. The minimum absolute atomic E-state index is 0.109. The number of carbonyl (C=O) groups is 2. The lowest BCUT2D eigenvalue weighted by Crippen LogP contribution is -2.45. The average molecular weight is 290 g/mol. The van der Waals surface area contributed by atoms with Crippen LogP contribution in [0.15, 0.2) is 0 Å². The van der Waals surface area contributed by atoms with Crippen LogP contribution in [-0.2, 0) is 15.6 Å². The zero-order chi connectivity index (χ0) is 14.3. The SMILES string of the molecule is CS(=O)CCNC(=O)N1CCC(CCC(=O)O)CC1. The van der Waals surface area contributed by atoms with Gasteiger partial charge in [-0.1, -0.05) is 0 Å². The molecule has 7 heteroatoms. The summed E-state index contributed by atoms with van der Waals surface area (Å²) in [7, 11) is -0.889. The van der Waals surface area contributed by atoms with Gasteiger partial charge in [0.1, 0.15) is 0 Å². The highest BCUT2D eigenvalue weighted by Gasteiger charge is 2.22. The molecular weight excluding hydrogens is 268 g/mol. The quantitative estimate of drug-likeness (QED) is 0.752. The van der Waals surface area contributed by atoms with Crippen molar-refractivity contribution in [1.29, 1.82) is 0 Å². The van der Waals surface area contributed by atoms with Crippen LogP contribution >= 0.6 is 0 Å². The van der Waals surface area contributed by atoms with E-state index in [1.807, 2.05) is 0 Å². The van der Waals surface area contributed by atoms with Crippen LogP contribution in [0.5, 0.6) is 0 Å². The lowest BCUT2D eigenvalue weighted by Gasteiger charge is -2.31. The molecule has 0 aromatic rings. The molecule has 0 saturated carbocycles. The van der Waals surface area contributed by atoms with Gasteiger partial charge < -0.3 is 15.3 Å². The minimum atomic E-state index is -0.889. The van der Waals surface area contributed by atoms with E-state index in [-0.39, 0.29) is 12.5 Å². The van der Waals surface area contributed by atoms with Gasteiger partial charge in [-0.15, -0.1) is 0 Å². The summed E-state index contributed by atoms with van der Waals surface area (Å²) >= 11 is 0. The van der Waals surface area contributed by atoms with Crippen LogP contribution in [0.2, 0.25) is 0 Å². The number of carboxylic acids is 1. The summed E-state index contributed by atoms with van der Waals surface area (Å²) in [4.78, 5) is 24.0. The fourth-order valence-corrected chi connectivity index (χ4v) is 2.56. The number of rotatable bonds is 6. The molecule has 2 N–H and O–H groups in total. The second-order valence-electron chi connectivity index (χ2n) is 4.87. The standard InChI is InChI=1S/C12H22N2O4S/c1-19(18)9-6-13-12(17)14-7-4-10(5-8-14)2-3-11(15)16/h10H,2-9H2,1H3,(H,13,17)(H,15,16). The molecular formula is C12H22N2O4S. The van der Waals surface area contributed by atoms with Crippen LogP contribution in [0.1, 0.15) is 25.7 Å². The molecule has 0 radical (unpaired) electrons.